The number of hydrogen-bond acceptors (Lipinski definition) is 3. The number of nitrogen functional groups attached to an aromatic ring is 1. The number of carbonyl (C=O) groups is 1. The number of aromatic nitrogens is 1. The first-order chi connectivity index (χ1) is 6.66. The van der Waals surface area contributed by atoms with Crippen LogP contribution in [0.5, 0.6) is 0 Å². The normalized spacial score (nSPS) is 20.9. The Hall–Kier alpha value is -1.58. The maximum atomic E-state index is 11.0. The fraction of sp³-hybridized carbons (Fsp3) is 0.400. The lowest BCUT2D eigenvalue weighted by Crippen LogP contribution is -2.13. The van der Waals surface area contributed by atoms with Crippen LogP contribution in [-0.4, -0.2) is 17.4 Å². The van der Waals surface area contributed by atoms with Gasteiger partial charge in [0.2, 0.25) is 5.91 Å². The molecule has 3 N–H and O–H groups in total. The Labute approximate surface area is 82.5 Å². The van der Waals surface area contributed by atoms with Crippen molar-refractivity contribution in [2.75, 3.05) is 12.3 Å². The Balaban J connectivity index is 2.28. The van der Waals surface area contributed by atoms with Crippen molar-refractivity contribution in [3.63, 3.8) is 0 Å². The fourth-order valence-electron chi connectivity index (χ4n) is 1.84. The van der Waals surface area contributed by atoms with Crippen molar-refractivity contribution in [1.82, 2.24) is 10.3 Å². The van der Waals surface area contributed by atoms with E-state index in [-0.39, 0.29) is 11.8 Å². The lowest BCUT2D eigenvalue weighted by Gasteiger charge is -2.10. The second-order valence-electron chi connectivity index (χ2n) is 3.67. The molecule has 0 aliphatic carbocycles. The Kier molecular flexibility index (Phi) is 2.11. The summed E-state index contributed by atoms with van der Waals surface area (Å²) in [7, 11) is 0. The third-order valence-corrected chi connectivity index (χ3v) is 2.59. The molecule has 0 radical (unpaired) electrons. The lowest BCUT2D eigenvalue weighted by atomic mass is 9.96. The molecule has 14 heavy (non-hydrogen) atoms. The van der Waals surface area contributed by atoms with Crippen molar-refractivity contribution in [3.05, 3.63) is 23.4 Å². The Morgan fingerprint density at radius 1 is 1.64 bits per heavy atom. The molecule has 1 aromatic heterocycles. The highest BCUT2D eigenvalue weighted by Gasteiger charge is 2.24. The molecular formula is C10H13N3O. The van der Waals surface area contributed by atoms with E-state index in [2.05, 4.69) is 10.3 Å². The highest BCUT2D eigenvalue weighted by Crippen LogP contribution is 2.25. The molecule has 1 saturated heterocycles. The van der Waals surface area contributed by atoms with E-state index < -0.39 is 0 Å². The molecular weight excluding hydrogens is 178 g/mol. The van der Waals surface area contributed by atoms with E-state index in [1.54, 1.807) is 6.20 Å². The van der Waals surface area contributed by atoms with Crippen LogP contribution < -0.4 is 11.1 Å². The molecule has 0 spiro atoms. The van der Waals surface area contributed by atoms with Gasteiger partial charge in [0.15, 0.2) is 0 Å². The van der Waals surface area contributed by atoms with Gasteiger partial charge in [-0.15, -0.1) is 0 Å². The standard InChI is InChI=1S/C10H13N3O/c1-6-2-9(11)12-5-8(6)7-3-10(14)13-4-7/h2,5,7H,3-4H2,1H3,(H2,11,12)(H,13,14)/t7-/m0/s1. The van der Waals surface area contributed by atoms with Crippen molar-refractivity contribution in [2.24, 2.45) is 0 Å². The number of pyridine rings is 1. The molecule has 0 saturated carbocycles. The smallest absolute Gasteiger partial charge is 0.220 e. The van der Waals surface area contributed by atoms with Gasteiger partial charge in [-0.2, -0.15) is 0 Å². The quantitative estimate of drug-likeness (QED) is 0.682. The minimum atomic E-state index is 0.117. The zero-order chi connectivity index (χ0) is 10.1. The summed E-state index contributed by atoms with van der Waals surface area (Å²) in [4.78, 5) is 15.1. The van der Waals surface area contributed by atoms with E-state index in [1.807, 2.05) is 13.0 Å². The summed E-state index contributed by atoms with van der Waals surface area (Å²) in [6.45, 7) is 2.71. The minimum absolute atomic E-state index is 0.117. The molecule has 1 aromatic rings. The lowest BCUT2D eigenvalue weighted by molar-refractivity contribution is -0.119. The second kappa shape index (κ2) is 3.29. The highest BCUT2D eigenvalue weighted by molar-refractivity contribution is 5.79. The molecule has 1 amide bonds. The van der Waals surface area contributed by atoms with Crippen molar-refractivity contribution in [1.29, 1.82) is 0 Å². The molecule has 74 valence electrons. The molecule has 4 heteroatoms. The second-order valence-corrected chi connectivity index (χ2v) is 3.67. The van der Waals surface area contributed by atoms with Crippen LogP contribution in [0.4, 0.5) is 5.82 Å². The topological polar surface area (TPSA) is 68.0 Å². The first kappa shape index (κ1) is 8.99. The van der Waals surface area contributed by atoms with E-state index in [9.17, 15) is 4.79 Å². The predicted molar refractivity (Wildman–Crippen MR) is 53.8 cm³/mol. The molecule has 1 fully saturated rings. The summed E-state index contributed by atoms with van der Waals surface area (Å²) in [6.07, 6.45) is 2.34. The van der Waals surface area contributed by atoms with Crippen molar-refractivity contribution in [3.8, 4) is 0 Å². The van der Waals surface area contributed by atoms with Crippen LogP contribution in [0.25, 0.3) is 0 Å². The number of nitrogens with zero attached hydrogens (tertiary/aromatic N) is 1. The SMILES string of the molecule is Cc1cc(N)ncc1[C@@H]1CNC(=O)C1. The fourth-order valence-corrected chi connectivity index (χ4v) is 1.84. The number of nitrogens with one attached hydrogen (secondary N) is 1. The number of amides is 1. The zero-order valence-corrected chi connectivity index (χ0v) is 8.08. The van der Waals surface area contributed by atoms with E-state index in [1.165, 1.54) is 0 Å². The first-order valence-electron chi connectivity index (χ1n) is 4.65. The first-order valence-corrected chi connectivity index (χ1v) is 4.65. The summed E-state index contributed by atoms with van der Waals surface area (Å²) >= 11 is 0. The van der Waals surface area contributed by atoms with Gasteiger partial charge in [0.1, 0.15) is 5.82 Å². The largest absolute Gasteiger partial charge is 0.384 e. The van der Waals surface area contributed by atoms with Gasteiger partial charge in [-0.25, -0.2) is 4.98 Å². The number of carbonyl (C=O) groups excluding carboxylic acids is 1. The van der Waals surface area contributed by atoms with Crippen molar-refractivity contribution < 1.29 is 4.79 Å². The molecule has 2 heterocycles. The van der Waals surface area contributed by atoms with Crippen LogP contribution in [0.3, 0.4) is 0 Å². The summed E-state index contributed by atoms with van der Waals surface area (Å²) in [5.41, 5.74) is 7.79. The van der Waals surface area contributed by atoms with Crippen LogP contribution in [0.1, 0.15) is 23.5 Å². The molecule has 0 bridgehead atoms. The van der Waals surface area contributed by atoms with Crippen LogP contribution in [0.15, 0.2) is 12.3 Å². The van der Waals surface area contributed by atoms with Crippen molar-refractivity contribution >= 4 is 11.7 Å². The van der Waals surface area contributed by atoms with Gasteiger partial charge >= 0.3 is 0 Å². The maximum Gasteiger partial charge on any atom is 0.220 e. The van der Waals surface area contributed by atoms with Gasteiger partial charge < -0.3 is 11.1 Å². The molecule has 4 nitrogen and oxygen atoms in total. The average Bonchev–Trinajstić information content (AvgIpc) is 2.51. The molecule has 1 aliphatic heterocycles. The van der Waals surface area contributed by atoms with E-state index in [0.29, 0.717) is 18.8 Å². The third kappa shape index (κ3) is 1.55. The van der Waals surface area contributed by atoms with Gasteiger partial charge in [0.05, 0.1) is 0 Å². The maximum absolute atomic E-state index is 11.0. The average molecular weight is 191 g/mol. The van der Waals surface area contributed by atoms with Gasteiger partial charge in [0.25, 0.3) is 0 Å². The number of rotatable bonds is 1. The summed E-state index contributed by atoms with van der Waals surface area (Å²) in [5, 5.41) is 2.81. The zero-order valence-electron chi connectivity index (χ0n) is 8.08. The van der Waals surface area contributed by atoms with Crippen LogP contribution in [0, 0.1) is 6.92 Å². The highest BCUT2D eigenvalue weighted by atomic mass is 16.1. The summed E-state index contributed by atoms with van der Waals surface area (Å²) in [6, 6.07) is 1.85. The number of nitrogens with two attached hydrogens (primary N) is 1. The summed E-state index contributed by atoms with van der Waals surface area (Å²) in [5.74, 6) is 0.908. The molecule has 1 aliphatic rings. The van der Waals surface area contributed by atoms with Gasteiger partial charge in [-0.05, 0) is 24.1 Å². The van der Waals surface area contributed by atoms with Gasteiger partial charge in [-0.3, -0.25) is 4.79 Å². The Morgan fingerprint density at radius 3 is 3.00 bits per heavy atom. The monoisotopic (exact) mass is 191 g/mol. The predicted octanol–water partition coefficient (Wildman–Crippen LogP) is 0.576. The van der Waals surface area contributed by atoms with Crippen LogP contribution in [0.2, 0.25) is 0 Å². The minimum Gasteiger partial charge on any atom is -0.384 e. The van der Waals surface area contributed by atoms with E-state index in [4.69, 9.17) is 5.73 Å². The third-order valence-electron chi connectivity index (χ3n) is 2.59. The Bertz CT molecular complexity index is 376. The summed E-state index contributed by atoms with van der Waals surface area (Å²) < 4.78 is 0. The van der Waals surface area contributed by atoms with E-state index >= 15 is 0 Å². The Morgan fingerprint density at radius 2 is 2.43 bits per heavy atom. The molecule has 0 unspecified atom stereocenters. The van der Waals surface area contributed by atoms with Gasteiger partial charge in [-0.1, -0.05) is 0 Å². The van der Waals surface area contributed by atoms with Crippen molar-refractivity contribution in [2.45, 2.75) is 19.3 Å². The number of aryl methyl sites for hydroxylation is 1. The molecule has 0 aromatic carbocycles. The molecule has 2 rings (SSSR count). The van der Waals surface area contributed by atoms with Gasteiger partial charge in [0, 0.05) is 25.1 Å². The number of anilines is 1. The molecule has 1 atom stereocenters. The number of hydrogen-bond donors (Lipinski definition) is 2. The van der Waals surface area contributed by atoms with Crippen LogP contribution in [-0.2, 0) is 4.79 Å². The van der Waals surface area contributed by atoms with Crippen LogP contribution >= 0.6 is 0 Å². The van der Waals surface area contributed by atoms with E-state index in [0.717, 1.165) is 11.1 Å².